The molecule has 1 atom stereocenters. The Morgan fingerprint density at radius 1 is 1.36 bits per heavy atom. The monoisotopic (exact) mass is 152 g/mol. The molecule has 0 aliphatic carbocycles. The zero-order chi connectivity index (χ0) is 8.27. The average Bonchev–Trinajstić information content (AvgIpc) is 2.05. The van der Waals surface area contributed by atoms with Gasteiger partial charge in [-0.15, -0.1) is 0 Å². The molecule has 0 bridgehead atoms. The van der Waals surface area contributed by atoms with Crippen molar-refractivity contribution < 1.29 is 9.90 Å². The van der Waals surface area contributed by atoms with Gasteiger partial charge in [0.05, 0.1) is 5.92 Å². The Morgan fingerprint density at radius 2 is 1.91 bits per heavy atom. The second kappa shape index (κ2) is 3.19. The van der Waals surface area contributed by atoms with Gasteiger partial charge in [-0.25, -0.2) is 0 Å². The molecule has 0 aromatic heterocycles. The van der Waals surface area contributed by atoms with Gasteiger partial charge in [0.2, 0.25) is 0 Å². The van der Waals surface area contributed by atoms with Crippen molar-refractivity contribution in [1.82, 2.24) is 0 Å². The lowest BCUT2D eigenvalue weighted by Crippen LogP contribution is -2.06. The first-order valence-electron chi connectivity index (χ1n) is 3.49. The van der Waals surface area contributed by atoms with E-state index in [0.717, 1.165) is 5.56 Å². The van der Waals surface area contributed by atoms with E-state index >= 15 is 0 Å². The molecular weight excluding hydrogens is 142 g/mol. The summed E-state index contributed by atoms with van der Waals surface area (Å²) in [6, 6.07) is 9.19. The van der Waals surface area contributed by atoms with Gasteiger partial charge in [-0.3, -0.25) is 4.79 Å². The van der Waals surface area contributed by atoms with E-state index in [1.54, 1.807) is 6.92 Å². The highest BCUT2D eigenvalue weighted by molar-refractivity contribution is 5.75. The van der Waals surface area contributed by atoms with Crippen LogP contribution in [0.5, 0.6) is 0 Å². The number of carboxylic acids is 1. The van der Waals surface area contributed by atoms with Crippen LogP contribution in [0, 0.1) is 0 Å². The summed E-state index contributed by atoms with van der Waals surface area (Å²) in [7, 11) is 0. The van der Waals surface area contributed by atoms with Crippen molar-refractivity contribution in [3.63, 3.8) is 0 Å². The third-order valence-corrected chi connectivity index (χ3v) is 1.67. The molecule has 1 N–H and O–H groups in total. The van der Waals surface area contributed by atoms with Crippen LogP contribution in [-0.4, -0.2) is 11.1 Å². The molecule has 0 aliphatic rings. The molecule has 1 unspecified atom stereocenters. The Labute approximate surface area is 65.5 Å². The van der Waals surface area contributed by atoms with Crippen LogP contribution in [0.2, 0.25) is 0 Å². The number of hydrogen-bond acceptors (Lipinski definition) is 1. The van der Waals surface area contributed by atoms with Gasteiger partial charge in [0, 0.05) is 0 Å². The van der Waals surface area contributed by atoms with Crippen LogP contribution in [0.1, 0.15) is 18.4 Å². The topological polar surface area (TPSA) is 37.3 Å². The Balaban J connectivity index is 2.85. The number of aliphatic carboxylic acids is 1. The summed E-state index contributed by atoms with van der Waals surface area (Å²) in [5.74, 6) is -1.19. The molecular formula is C9H10O2. The second-order valence-corrected chi connectivity index (χ2v) is 2.47. The molecule has 58 valence electrons. The Morgan fingerprint density at radius 3 is 2.36 bits per heavy atom. The molecule has 1 rings (SSSR count). The molecule has 0 saturated carbocycles. The third kappa shape index (κ3) is 1.80. The lowest BCUT2D eigenvalue weighted by atomic mass is 10.1. The molecule has 0 fully saturated rings. The summed E-state index contributed by atoms with van der Waals surface area (Å²) in [4.78, 5) is 10.5. The van der Waals surface area contributed by atoms with Crippen molar-refractivity contribution in [1.29, 1.82) is 0 Å². The minimum absolute atomic E-state index is 0.406. The summed E-state index contributed by atoms with van der Waals surface area (Å²) in [5, 5.41) is 8.64. The second-order valence-electron chi connectivity index (χ2n) is 2.47. The van der Waals surface area contributed by atoms with E-state index in [9.17, 15) is 4.79 Å². The minimum atomic E-state index is -0.781. The molecule has 0 radical (unpaired) electrons. The van der Waals surface area contributed by atoms with Gasteiger partial charge in [0.1, 0.15) is 0 Å². The molecule has 1 aromatic carbocycles. The van der Waals surface area contributed by atoms with Crippen LogP contribution >= 0.6 is 0 Å². The number of carbonyl (C=O) groups is 1. The van der Waals surface area contributed by atoms with Crippen molar-refractivity contribution in [2.24, 2.45) is 0 Å². The zero-order valence-corrected chi connectivity index (χ0v) is 6.32. The van der Waals surface area contributed by atoms with Crippen LogP contribution in [-0.2, 0) is 4.79 Å². The first kappa shape index (κ1) is 7.79. The molecule has 0 spiro atoms. The third-order valence-electron chi connectivity index (χ3n) is 1.67. The van der Waals surface area contributed by atoms with Crippen molar-refractivity contribution >= 4 is 5.97 Å². The van der Waals surface area contributed by atoms with E-state index in [4.69, 9.17) is 5.11 Å². The van der Waals surface area contributed by atoms with E-state index in [1.807, 2.05) is 30.3 Å². The lowest BCUT2D eigenvalue weighted by Gasteiger charge is -2.04. The van der Waals surface area contributed by atoms with Gasteiger partial charge in [0.15, 0.2) is 0 Å². The van der Waals surface area contributed by atoms with E-state index in [-0.39, 0.29) is 0 Å². The molecule has 0 aliphatic heterocycles. The Kier molecular flexibility index (Phi) is 2.26. The van der Waals surface area contributed by atoms with Crippen molar-refractivity contribution in [2.75, 3.05) is 0 Å². The van der Waals surface area contributed by atoms with Crippen LogP contribution in [0.25, 0.3) is 0 Å². The normalized spacial score (nSPS) is 12.5. The van der Waals surface area contributed by atoms with Crippen LogP contribution in [0.4, 0.5) is 0 Å². The minimum Gasteiger partial charge on any atom is -0.481 e. The highest BCUT2D eigenvalue weighted by Crippen LogP contribution is 2.13. The van der Waals surface area contributed by atoms with E-state index < -0.39 is 11.9 Å². The molecule has 0 amide bonds. The fraction of sp³-hybridized carbons (Fsp3) is 0.222. The lowest BCUT2D eigenvalue weighted by molar-refractivity contribution is -0.138. The Bertz CT molecular complexity index is 241. The largest absolute Gasteiger partial charge is 0.481 e. The molecule has 2 heteroatoms. The van der Waals surface area contributed by atoms with Crippen LogP contribution in [0.15, 0.2) is 30.3 Å². The standard InChI is InChI=1S/C9H10O2/c1-7(9(10)11)8-5-3-2-4-6-8/h2-7H,1H3,(H,10,11)/i9+2. The first-order valence-corrected chi connectivity index (χ1v) is 3.49. The van der Waals surface area contributed by atoms with Gasteiger partial charge in [0.25, 0.3) is 0 Å². The molecule has 1 aromatic rings. The van der Waals surface area contributed by atoms with Crippen LogP contribution < -0.4 is 0 Å². The molecule has 0 heterocycles. The molecule has 0 saturated heterocycles. The maximum Gasteiger partial charge on any atom is 0.310 e. The fourth-order valence-corrected chi connectivity index (χ4v) is 0.884. The average molecular weight is 152 g/mol. The summed E-state index contributed by atoms with van der Waals surface area (Å²) < 4.78 is 0. The van der Waals surface area contributed by atoms with Gasteiger partial charge in [-0.05, 0) is 12.5 Å². The number of benzene rings is 1. The zero-order valence-electron chi connectivity index (χ0n) is 6.32. The summed E-state index contributed by atoms with van der Waals surface area (Å²) >= 11 is 0. The Hall–Kier alpha value is -1.31. The number of hydrogen-bond donors (Lipinski definition) is 1. The summed E-state index contributed by atoms with van der Waals surface area (Å²) in [6.45, 7) is 1.68. The van der Waals surface area contributed by atoms with E-state index in [0.29, 0.717) is 0 Å². The maximum absolute atomic E-state index is 10.5. The van der Waals surface area contributed by atoms with Gasteiger partial charge < -0.3 is 5.11 Å². The first-order chi connectivity index (χ1) is 5.22. The highest BCUT2D eigenvalue weighted by atomic mass is 16.6. The summed E-state index contributed by atoms with van der Waals surface area (Å²) in [6.07, 6.45) is 0. The number of rotatable bonds is 2. The van der Waals surface area contributed by atoms with Crippen molar-refractivity contribution in [3.05, 3.63) is 35.9 Å². The predicted octanol–water partition coefficient (Wildman–Crippen LogP) is 1.87. The smallest absolute Gasteiger partial charge is 0.310 e. The van der Waals surface area contributed by atoms with Crippen LogP contribution in [0.3, 0.4) is 0 Å². The molecule has 11 heavy (non-hydrogen) atoms. The van der Waals surface area contributed by atoms with Gasteiger partial charge >= 0.3 is 5.97 Å². The molecule has 2 nitrogen and oxygen atoms in total. The highest BCUT2D eigenvalue weighted by Gasteiger charge is 2.11. The SMILES string of the molecule is CC(c1ccccc1)[14C](=O)O. The predicted molar refractivity (Wildman–Crippen MR) is 42.5 cm³/mol. The van der Waals surface area contributed by atoms with Gasteiger partial charge in [-0.1, -0.05) is 30.3 Å². The summed E-state index contributed by atoms with van der Waals surface area (Å²) in [5.41, 5.74) is 0.847. The quantitative estimate of drug-likeness (QED) is 0.702. The van der Waals surface area contributed by atoms with E-state index in [1.165, 1.54) is 0 Å². The van der Waals surface area contributed by atoms with Crippen molar-refractivity contribution in [2.45, 2.75) is 12.8 Å². The number of carboxylic acid groups (broad SMARTS) is 1. The van der Waals surface area contributed by atoms with Crippen molar-refractivity contribution in [3.8, 4) is 0 Å². The maximum atomic E-state index is 10.5. The van der Waals surface area contributed by atoms with E-state index in [2.05, 4.69) is 0 Å². The van der Waals surface area contributed by atoms with Gasteiger partial charge in [-0.2, -0.15) is 0 Å². The fourth-order valence-electron chi connectivity index (χ4n) is 0.884.